The van der Waals surface area contributed by atoms with Gasteiger partial charge in [-0.05, 0) is 130 Å². The van der Waals surface area contributed by atoms with Crippen LogP contribution in [0.4, 0.5) is 4.79 Å². The lowest BCUT2D eigenvalue weighted by molar-refractivity contribution is -0.127. The highest BCUT2D eigenvalue weighted by molar-refractivity contribution is 9.11. The number of amides is 3. The van der Waals surface area contributed by atoms with Crippen molar-refractivity contribution in [3.8, 4) is 0 Å². The van der Waals surface area contributed by atoms with Crippen LogP contribution in [0.2, 0.25) is 0 Å². The minimum atomic E-state index is -0.900. The van der Waals surface area contributed by atoms with Crippen LogP contribution < -0.4 is 0 Å². The number of carbonyl (C=O) groups excluding carboxylic acids is 6. The molecule has 16 nitrogen and oxygen atoms in total. The number of carboxylic acid groups (broad SMARTS) is 3. The number of fused-ring (bicyclic) bond motifs is 3. The first-order valence-corrected chi connectivity index (χ1v) is 29.0. The first kappa shape index (κ1) is 62.1. The highest BCUT2D eigenvalue weighted by Gasteiger charge is 2.50. The number of carbonyl (C=O) groups is 9. The maximum absolute atomic E-state index is 11.6. The maximum Gasteiger partial charge on any atom is 0.348 e. The van der Waals surface area contributed by atoms with Crippen molar-refractivity contribution < 1.29 is 67.9 Å². The van der Waals surface area contributed by atoms with Crippen LogP contribution in [-0.4, -0.2) is 82.4 Å². The Hall–Kier alpha value is -7.99. The molecule has 10 aromatic carbocycles. The summed E-state index contributed by atoms with van der Waals surface area (Å²) in [5, 5.41) is 35.1. The predicted octanol–water partition coefficient (Wildman–Crippen LogP) is 16.6. The number of nitrogens with zero attached hydrogens (tertiary/aromatic N) is 2. The SMILES string of the molecule is CC1(C)C(=O)N(Br)C(=O)N1Br.O=C(O)c1cc(Br)cc2ccccc12.O=C(O)c1cc(Br)cc2ccccc12.O=C(O)c1cccc2cc(Br)ccc12.O=C1OC(=O)c2cc(Br)cc3cccc1c23.O=C1OC(=O)c2cccc3cccc1c23. The Bertz CT molecular complexity index is 4250. The van der Waals surface area contributed by atoms with E-state index < -0.39 is 53.4 Å². The number of urea groups is 1. The third-order valence-electron chi connectivity index (χ3n) is 12.8. The van der Waals surface area contributed by atoms with Crippen LogP contribution >= 0.6 is 96.0 Å². The molecule has 1 fully saturated rings. The summed E-state index contributed by atoms with van der Waals surface area (Å²) < 4.78 is 14.7. The van der Waals surface area contributed by atoms with Crippen molar-refractivity contribution in [2.75, 3.05) is 0 Å². The average Bonchev–Trinajstić information content (AvgIpc) is 2.02. The number of cyclic esters (lactones) is 4. The molecule has 3 aliphatic rings. The van der Waals surface area contributed by atoms with Gasteiger partial charge in [0.25, 0.3) is 5.91 Å². The molecule has 0 aromatic heterocycles. The minimum Gasteiger partial charge on any atom is -0.478 e. The third-order valence-corrected chi connectivity index (χ3v) is 16.5. The highest BCUT2D eigenvalue weighted by atomic mass is 79.9. The smallest absolute Gasteiger partial charge is 0.348 e. The summed E-state index contributed by atoms with van der Waals surface area (Å²) in [5.41, 5.74) is 1.99. The van der Waals surface area contributed by atoms with E-state index in [1.807, 2.05) is 109 Å². The molecule has 0 saturated carbocycles. The number of imide groups is 1. The Kier molecular flexibility index (Phi) is 19.4. The van der Waals surface area contributed by atoms with E-state index in [0.29, 0.717) is 49.7 Å². The molecule has 422 valence electrons. The molecule has 84 heavy (non-hydrogen) atoms. The van der Waals surface area contributed by atoms with E-state index >= 15 is 0 Å². The number of esters is 4. The molecule has 0 spiro atoms. The van der Waals surface area contributed by atoms with Crippen molar-refractivity contribution in [3.63, 3.8) is 0 Å². The van der Waals surface area contributed by atoms with Crippen LogP contribution in [-0.2, 0) is 14.3 Å². The fourth-order valence-corrected chi connectivity index (χ4v) is 11.8. The van der Waals surface area contributed by atoms with E-state index in [9.17, 15) is 43.2 Å². The first-order valence-electron chi connectivity index (χ1n) is 24.4. The van der Waals surface area contributed by atoms with Crippen LogP contribution in [0.5, 0.6) is 0 Å². The van der Waals surface area contributed by atoms with Gasteiger partial charge in [-0.15, -0.1) is 0 Å². The summed E-state index contributed by atoms with van der Waals surface area (Å²) in [6, 6.07) is 51.8. The molecule has 0 unspecified atom stereocenters. The predicted molar refractivity (Wildman–Crippen MR) is 337 cm³/mol. The fraction of sp³-hybridized carbons (Fsp3) is 0.0484. The zero-order valence-electron chi connectivity index (χ0n) is 43.2. The van der Waals surface area contributed by atoms with Crippen molar-refractivity contribution in [2.45, 2.75) is 19.4 Å². The van der Waals surface area contributed by atoms with Gasteiger partial charge in [0.1, 0.15) is 5.54 Å². The minimum absolute atomic E-state index is 0.278. The number of ether oxygens (including phenoxy) is 2. The van der Waals surface area contributed by atoms with E-state index in [1.54, 1.807) is 80.6 Å². The average molecular weight is 1510 g/mol. The van der Waals surface area contributed by atoms with Crippen LogP contribution in [0, 0.1) is 0 Å². The Morgan fingerprint density at radius 3 is 1.18 bits per heavy atom. The molecule has 22 heteroatoms. The molecule has 0 aliphatic carbocycles. The molecule has 1 saturated heterocycles. The first-order chi connectivity index (χ1) is 39.9. The molecule has 3 aliphatic heterocycles. The Morgan fingerprint density at radius 1 is 0.393 bits per heavy atom. The Labute approximate surface area is 527 Å². The Morgan fingerprint density at radius 2 is 0.750 bits per heavy atom. The molecular formula is C62H38Br6N2O14. The monoisotopic (exact) mass is 1510 g/mol. The number of carboxylic acids is 3. The van der Waals surface area contributed by atoms with Crippen LogP contribution in [0.25, 0.3) is 53.9 Å². The van der Waals surface area contributed by atoms with Gasteiger partial charge in [-0.3, -0.25) is 4.79 Å². The van der Waals surface area contributed by atoms with Gasteiger partial charge in [-0.25, -0.2) is 42.3 Å². The lowest BCUT2D eigenvalue weighted by Gasteiger charge is -2.19. The standard InChI is InChI=1S/C12H5BrO3.C12H6O3.3C11H7BrO2.C5H6Br2N2O2/c13-7-4-6-2-1-3-8-10(6)9(5-7)12(15)16-11(8)14;13-11-8-5-1-3-7-4-2-6-9(10(7)8)12(14)15-11;12-8-4-5-9-7(6-8)2-1-3-10(9)11(13)14;2*12-8-5-7-3-1-2-4-9(7)10(6-8)11(13)14;1-5(2)3(10)8(6)4(11)9(5)7/h1-5H;1-6H;3*1-6H,(H,13,14);1-2H3. The van der Waals surface area contributed by atoms with Crippen LogP contribution in [0.3, 0.4) is 0 Å². The zero-order valence-corrected chi connectivity index (χ0v) is 52.8. The summed E-state index contributed by atoms with van der Waals surface area (Å²) in [6.07, 6.45) is 0. The molecule has 10 aromatic rings. The van der Waals surface area contributed by atoms with Gasteiger partial charge >= 0.3 is 47.8 Å². The lowest BCUT2D eigenvalue weighted by Crippen LogP contribution is -2.37. The third kappa shape index (κ3) is 13.5. The molecular weight excluding hydrogens is 1480 g/mol. The normalized spacial score (nSPS) is 13.4. The number of benzene rings is 10. The van der Waals surface area contributed by atoms with Gasteiger partial charge < -0.3 is 24.8 Å². The van der Waals surface area contributed by atoms with Gasteiger partial charge in [-0.1, -0.05) is 167 Å². The van der Waals surface area contributed by atoms with E-state index in [4.69, 9.17) is 15.3 Å². The molecule has 0 radical (unpaired) electrons. The molecule has 3 N–H and O–H groups in total. The van der Waals surface area contributed by atoms with Gasteiger partial charge in [-0.2, -0.15) is 3.93 Å². The molecule has 13 rings (SSSR count). The van der Waals surface area contributed by atoms with Gasteiger partial charge in [0, 0.05) is 28.7 Å². The molecule has 3 heterocycles. The van der Waals surface area contributed by atoms with Gasteiger partial charge in [0.05, 0.1) is 71.2 Å². The van der Waals surface area contributed by atoms with Gasteiger partial charge in [0.2, 0.25) is 0 Å². The van der Waals surface area contributed by atoms with E-state index in [0.717, 1.165) is 64.9 Å². The van der Waals surface area contributed by atoms with Crippen LogP contribution in [0.1, 0.15) is 86.4 Å². The lowest BCUT2D eigenvalue weighted by atomic mass is 9.97. The topological polar surface area (TPSA) is 239 Å². The van der Waals surface area contributed by atoms with E-state index in [-0.39, 0.29) is 5.91 Å². The summed E-state index contributed by atoms with van der Waals surface area (Å²) in [4.78, 5) is 101. The number of aromatic carboxylic acids is 3. The van der Waals surface area contributed by atoms with Crippen molar-refractivity contribution in [3.05, 3.63) is 233 Å². The van der Waals surface area contributed by atoms with Crippen molar-refractivity contribution in [1.29, 1.82) is 0 Å². The van der Waals surface area contributed by atoms with E-state index in [1.165, 1.54) is 3.93 Å². The fourth-order valence-electron chi connectivity index (χ4n) is 8.86. The quantitative estimate of drug-likeness (QED) is 0.0645. The second-order valence-corrected chi connectivity index (χ2v) is 23.6. The summed E-state index contributed by atoms with van der Waals surface area (Å²) >= 11 is 19.1. The van der Waals surface area contributed by atoms with Crippen molar-refractivity contribution in [2.24, 2.45) is 0 Å². The second kappa shape index (κ2) is 26.3. The number of halogens is 6. The molecule has 0 bridgehead atoms. The van der Waals surface area contributed by atoms with Crippen LogP contribution in [0.15, 0.2) is 194 Å². The summed E-state index contributed by atoms with van der Waals surface area (Å²) in [5.74, 6) is -5.27. The van der Waals surface area contributed by atoms with Gasteiger partial charge in [0.15, 0.2) is 0 Å². The summed E-state index contributed by atoms with van der Waals surface area (Å²) in [7, 11) is 0. The summed E-state index contributed by atoms with van der Waals surface area (Å²) in [6.45, 7) is 3.31. The highest BCUT2D eigenvalue weighted by Crippen LogP contribution is 2.34. The van der Waals surface area contributed by atoms with Crippen molar-refractivity contribution in [1.82, 2.24) is 7.85 Å². The largest absolute Gasteiger partial charge is 0.478 e. The second-order valence-electron chi connectivity index (χ2n) is 18.6. The number of rotatable bonds is 3. The Balaban J connectivity index is 0.000000132. The van der Waals surface area contributed by atoms with Crippen molar-refractivity contribution >= 4 is 204 Å². The number of hydrogen-bond acceptors (Lipinski definition) is 11. The number of hydrogen-bond donors (Lipinski definition) is 3. The van der Waals surface area contributed by atoms with E-state index in [2.05, 4.69) is 105 Å². The molecule has 0 atom stereocenters. The zero-order chi connectivity index (χ0) is 60.9. The molecule has 3 amide bonds. The maximum atomic E-state index is 11.6.